The Kier molecular flexibility index (Phi) is 8.21. The molecular weight excluding hydrogens is 296 g/mol. The Hall–Kier alpha value is -1.32. The van der Waals surface area contributed by atoms with E-state index in [1.165, 1.54) is 5.56 Å². The molecule has 3 nitrogen and oxygen atoms in total. The number of nitrogens with zero attached hydrogens (tertiary/aromatic N) is 2. The highest BCUT2D eigenvalue weighted by atomic mass is 35.5. The van der Waals surface area contributed by atoms with Crippen LogP contribution in [0, 0.1) is 0 Å². The summed E-state index contributed by atoms with van der Waals surface area (Å²) in [5, 5.41) is 0. The van der Waals surface area contributed by atoms with Crippen LogP contribution in [0.3, 0.4) is 0 Å². The van der Waals surface area contributed by atoms with Crippen molar-refractivity contribution in [1.82, 2.24) is 9.80 Å². The number of carbonyl (C=O) groups excluding carboxylic acids is 1. The van der Waals surface area contributed by atoms with Gasteiger partial charge in [0.15, 0.2) is 0 Å². The number of amides is 1. The van der Waals surface area contributed by atoms with Gasteiger partial charge in [0, 0.05) is 32.6 Å². The van der Waals surface area contributed by atoms with Gasteiger partial charge < -0.3 is 4.90 Å². The monoisotopic (exact) mass is 322 g/mol. The van der Waals surface area contributed by atoms with Crippen molar-refractivity contribution in [2.24, 2.45) is 0 Å². The Bertz CT molecular complexity index is 455. The maximum absolute atomic E-state index is 12.1. The van der Waals surface area contributed by atoms with Gasteiger partial charge in [-0.1, -0.05) is 49.8 Å². The smallest absolute Gasteiger partial charge is 0.222 e. The topological polar surface area (TPSA) is 23.6 Å². The summed E-state index contributed by atoms with van der Waals surface area (Å²) in [7, 11) is 0. The zero-order valence-corrected chi connectivity index (χ0v) is 14.2. The van der Waals surface area contributed by atoms with Gasteiger partial charge in [-0.05, 0) is 12.0 Å². The average Bonchev–Trinajstić information content (AvgIpc) is 2.55. The lowest BCUT2D eigenvalue weighted by molar-refractivity contribution is -0.133. The van der Waals surface area contributed by atoms with E-state index >= 15 is 0 Å². The predicted octanol–water partition coefficient (Wildman–Crippen LogP) is 3.67. The third-order valence-corrected chi connectivity index (χ3v) is 4.17. The summed E-state index contributed by atoms with van der Waals surface area (Å²) in [4.78, 5) is 16.5. The van der Waals surface area contributed by atoms with E-state index in [9.17, 15) is 4.79 Å². The number of halogens is 1. The molecule has 0 saturated carbocycles. The van der Waals surface area contributed by atoms with E-state index in [0.29, 0.717) is 12.3 Å². The third-order valence-electron chi connectivity index (χ3n) is 4.17. The highest BCUT2D eigenvalue weighted by molar-refractivity contribution is 5.85. The first-order valence-electron chi connectivity index (χ1n) is 7.95. The molecule has 1 saturated heterocycles. The first-order valence-corrected chi connectivity index (χ1v) is 7.95. The van der Waals surface area contributed by atoms with Crippen molar-refractivity contribution >= 4 is 18.3 Å². The molecule has 1 aromatic carbocycles. The zero-order chi connectivity index (χ0) is 15.1. The highest BCUT2D eigenvalue weighted by Gasteiger charge is 2.24. The molecule has 0 aromatic heterocycles. The van der Waals surface area contributed by atoms with Crippen molar-refractivity contribution in [3.8, 4) is 0 Å². The molecule has 0 N–H and O–H groups in total. The molecule has 0 bridgehead atoms. The molecular formula is C18H27ClN2O. The Morgan fingerprint density at radius 2 is 1.86 bits per heavy atom. The third kappa shape index (κ3) is 4.85. The van der Waals surface area contributed by atoms with Crippen molar-refractivity contribution in [1.29, 1.82) is 0 Å². The second kappa shape index (κ2) is 9.65. The minimum absolute atomic E-state index is 0. The predicted molar refractivity (Wildman–Crippen MR) is 94.3 cm³/mol. The molecule has 0 radical (unpaired) electrons. The minimum atomic E-state index is 0. The summed E-state index contributed by atoms with van der Waals surface area (Å²) in [6.07, 6.45) is 4.78. The molecule has 0 spiro atoms. The Balaban J connectivity index is 0.00000242. The van der Waals surface area contributed by atoms with Crippen LogP contribution in [0.4, 0.5) is 0 Å². The van der Waals surface area contributed by atoms with Gasteiger partial charge in [0.2, 0.25) is 5.91 Å². The van der Waals surface area contributed by atoms with Crippen LogP contribution in [0.1, 0.15) is 37.8 Å². The van der Waals surface area contributed by atoms with Gasteiger partial charge >= 0.3 is 0 Å². The van der Waals surface area contributed by atoms with Crippen molar-refractivity contribution in [2.45, 2.75) is 32.2 Å². The highest BCUT2D eigenvalue weighted by Crippen LogP contribution is 2.23. The molecule has 1 heterocycles. The van der Waals surface area contributed by atoms with Crippen LogP contribution in [0.2, 0.25) is 0 Å². The lowest BCUT2D eigenvalue weighted by Crippen LogP contribution is -2.49. The van der Waals surface area contributed by atoms with Gasteiger partial charge in [-0.3, -0.25) is 9.69 Å². The molecule has 1 unspecified atom stereocenters. The standard InChI is InChI=1S/C18H26N2O.ClH/c1-3-5-11-18(21)20-14-12-19(13-15-20)17(4-2)16-9-7-6-8-10-16;/h4,6-10,17H,2-3,5,11-15H2,1H3;1H. The molecule has 1 fully saturated rings. The maximum Gasteiger partial charge on any atom is 0.222 e. The van der Waals surface area contributed by atoms with E-state index in [2.05, 4.69) is 42.7 Å². The van der Waals surface area contributed by atoms with Gasteiger partial charge in [-0.2, -0.15) is 0 Å². The number of unbranched alkanes of at least 4 members (excludes halogenated alkanes) is 1. The molecule has 1 atom stereocenters. The van der Waals surface area contributed by atoms with Crippen molar-refractivity contribution in [3.05, 3.63) is 48.6 Å². The summed E-state index contributed by atoms with van der Waals surface area (Å²) in [6.45, 7) is 9.62. The maximum atomic E-state index is 12.1. The molecule has 1 amide bonds. The van der Waals surface area contributed by atoms with E-state index in [1.54, 1.807) is 0 Å². The lowest BCUT2D eigenvalue weighted by atomic mass is 10.0. The van der Waals surface area contributed by atoms with Crippen molar-refractivity contribution in [2.75, 3.05) is 26.2 Å². The zero-order valence-electron chi connectivity index (χ0n) is 13.4. The number of hydrogen-bond acceptors (Lipinski definition) is 2. The Morgan fingerprint density at radius 1 is 1.23 bits per heavy atom. The van der Waals surface area contributed by atoms with Crippen LogP contribution in [-0.2, 0) is 4.79 Å². The second-order valence-electron chi connectivity index (χ2n) is 5.61. The number of rotatable bonds is 6. The Morgan fingerprint density at radius 3 is 2.41 bits per heavy atom. The fourth-order valence-electron chi connectivity index (χ4n) is 2.88. The SMILES string of the molecule is C=CC(c1ccccc1)N1CCN(C(=O)CCCC)CC1.Cl. The van der Waals surface area contributed by atoms with E-state index in [0.717, 1.165) is 39.0 Å². The number of piperazine rings is 1. The summed E-state index contributed by atoms with van der Waals surface area (Å²) in [6, 6.07) is 10.7. The van der Waals surface area contributed by atoms with E-state index in [-0.39, 0.29) is 18.4 Å². The fraction of sp³-hybridized carbons (Fsp3) is 0.500. The van der Waals surface area contributed by atoms with Gasteiger partial charge in [0.25, 0.3) is 0 Å². The van der Waals surface area contributed by atoms with Crippen LogP contribution in [0.25, 0.3) is 0 Å². The van der Waals surface area contributed by atoms with Gasteiger partial charge in [-0.25, -0.2) is 0 Å². The lowest BCUT2D eigenvalue weighted by Gasteiger charge is -2.38. The van der Waals surface area contributed by atoms with E-state index in [4.69, 9.17) is 0 Å². The summed E-state index contributed by atoms with van der Waals surface area (Å²) >= 11 is 0. The van der Waals surface area contributed by atoms with Crippen LogP contribution in [0.5, 0.6) is 0 Å². The van der Waals surface area contributed by atoms with Crippen LogP contribution in [-0.4, -0.2) is 41.9 Å². The molecule has 22 heavy (non-hydrogen) atoms. The normalized spacial score (nSPS) is 16.7. The number of carbonyl (C=O) groups is 1. The van der Waals surface area contributed by atoms with E-state index in [1.807, 2.05) is 17.0 Å². The van der Waals surface area contributed by atoms with Gasteiger partial charge in [0.05, 0.1) is 6.04 Å². The molecule has 1 aliphatic rings. The first-order chi connectivity index (χ1) is 10.3. The average molecular weight is 323 g/mol. The largest absolute Gasteiger partial charge is 0.340 e. The van der Waals surface area contributed by atoms with Crippen LogP contribution >= 0.6 is 12.4 Å². The van der Waals surface area contributed by atoms with Crippen molar-refractivity contribution in [3.63, 3.8) is 0 Å². The number of hydrogen-bond donors (Lipinski definition) is 0. The Labute approximate surface area is 140 Å². The molecule has 4 heteroatoms. The molecule has 0 aliphatic carbocycles. The van der Waals surface area contributed by atoms with Crippen LogP contribution < -0.4 is 0 Å². The van der Waals surface area contributed by atoms with Crippen molar-refractivity contribution < 1.29 is 4.79 Å². The van der Waals surface area contributed by atoms with Crippen LogP contribution in [0.15, 0.2) is 43.0 Å². The first kappa shape index (κ1) is 18.7. The molecule has 2 rings (SSSR count). The minimum Gasteiger partial charge on any atom is -0.340 e. The summed E-state index contributed by atoms with van der Waals surface area (Å²) in [5.41, 5.74) is 1.28. The second-order valence-corrected chi connectivity index (χ2v) is 5.61. The van der Waals surface area contributed by atoms with Gasteiger partial charge in [-0.15, -0.1) is 19.0 Å². The summed E-state index contributed by atoms with van der Waals surface area (Å²) in [5.74, 6) is 0.311. The molecule has 1 aromatic rings. The quantitative estimate of drug-likeness (QED) is 0.746. The van der Waals surface area contributed by atoms with Gasteiger partial charge in [0.1, 0.15) is 0 Å². The fourth-order valence-corrected chi connectivity index (χ4v) is 2.88. The number of benzene rings is 1. The summed E-state index contributed by atoms with van der Waals surface area (Å²) < 4.78 is 0. The molecule has 1 aliphatic heterocycles. The molecule has 122 valence electrons. The van der Waals surface area contributed by atoms with E-state index < -0.39 is 0 Å².